The van der Waals surface area contributed by atoms with Crippen LogP contribution in [0.15, 0.2) is 48.7 Å². The molecule has 0 bridgehead atoms. The van der Waals surface area contributed by atoms with Crippen molar-refractivity contribution >= 4 is 5.82 Å². The van der Waals surface area contributed by atoms with Crippen molar-refractivity contribution in [3.8, 4) is 0 Å². The minimum atomic E-state index is 0.615. The Labute approximate surface area is 127 Å². The van der Waals surface area contributed by atoms with Gasteiger partial charge < -0.3 is 10.2 Å². The first-order chi connectivity index (χ1) is 10.3. The van der Waals surface area contributed by atoms with Crippen LogP contribution in [0.3, 0.4) is 0 Å². The second-order valence-corrected chi connectivity index (χ2v) is 5.76. The zero-order chi connectivity index (χ0) is 14.5. The first-order valence-electron chi connectivity index (χ1n) is 7.77. The Balaban J connectivity index is 1.49. The van der Waals surface area contributed by atoms with Crippen LogP contribution < -0.4 is 10.2 Å². The van der Waals surface area contributed by atoms with E-state index in [0.717, 1.165) is 25.5 Å². The molecule has 0 radical (unpaired) electrons. The summed E-state index contributed by atoms with van der Waals surface area (Å²) in [6.07, 6.45) is 4.24. The van der Waals surface area contributed by atoms with E-state index in [1.54, 1.807) is 0 Å². The number of hydrogen-bond donors (Lipinski definition) is 1. The van der Waals surface area contributed by atoms with Crippen molar-refractivity contribution in [1.29, 1.82) is 0 Å². The highest BCUT2D eigenvalue weighted by Crippen LogP contribution is 2.17. The number of hydrogen-bond acceptors (Lipinski definition) is 3. The topological polar surface area (TPSA) is 28.2 Å². The fraction of sp³-hybridized carbons (Fsp3) is 0.389. The van der Waals surface area contributed by atoms with Crippen LogP contribution >= 0.6 is 0 Å². The first-order valence-corrected chi connectivity index (χ1v) is 7.77. The molecule has 0 amide bonds. The van der Waals surface area contributed by atoms with Crippen LogP contribution in [0.1, 0.15) is 24.0 Å². The van der Waals surface area contributed by atoms with Gasteiger partial charge in [0.05, 0.1) is 0 Å². The van der Waals surface area contributed by atoms with Gasteiger partial charge >= 0.3 is 0 Å². The number of aryl methyl sites for hydroxylation is 1. The predicted octanol–water partition coefficient (Wildman–Crippen LogP) is 3.15. The summed E-state index contributed by atoms with van der Waals surface area (Å²) in [5.41, 5.74) is 2.78. The van der Waals surface area contributed by atoms with E-state index < -0.39 is 0 Å². The molecule has 0 aliphatic carbocycles. The molecule has 1 N–H and O–H groups in total. The zero-order valence-corrected chi connectivity index (χ0v) is 12.6. The van der Waals surface area contributed by atoms with Gasteiger partial charge in [-0.05, 0) is 43.0 Å². The molecule has 3 heteroatoms. The highest BCUT2D eigenvalue weighted by atomic mass is 15.2. The molecule has 1 aromatic carbocycles. The Bertz CT molecular complexity index is 560. The number of rotatable bonds is 4. The molecule has 2 heterocycles. The third-order valence-corrected chi connectivity index (χ3v) is 4.31. The van der Waals surface area contributed by atoms with Crippen LogP contribution in [-0.4, -0.2) is 24.1 Å². The van der Waals surface area contributed by atoms with E-state index in [4.69, 9.17) is 0 Å². The quantitative estimate of drug-likeness (QED) is 0.933. The Kier molecular flexibility index (Phi) is 4.51. The molecule has 1 aliphatic rings. The zero-order valence-electron chi connectivity index (χ0n) is 12.6. The number of aromatic nitrogens is 1. The second kappa shape index (κ2) is 6.72. The van der Waals surface area contributed by atoms with Crippen molar-refractivity contribution in [2.75, 3.05) is 18.0 Å². The lowest BCUT2D eigenvalue weighted by Gasteiger charge is -2.33. The van der Waals surface area contributed by atoms with Gasteiger partial charge in [0.2, 0.25) is 0 Å². The van der Waals surface area contributed by atoms with Gasteiger partial charge in [0.25, 0.3) is 0 Å². The van der Waals surface area contributed by atoms with Gasteiger partial charge in [-0.25, -0.2) is 4.98 Å². The van der Waals surface area contributed by atoms with Crippen LogP contribution in [0.2, 0.25) is 0 Å². The number of anilines is 1. The molecular formula is C18H23N3. The molecular weight excluding hydrogens is 258 g/mol. The molecule has 2 aromatic rings. The largest absolute Gasteiger partial charge is 0.357 e. The number of nitrogens with one attached hydrogen (secondary N) is 1. The van der Waals surface area contributed by atoms with Crippen molar-refractivity contribution < 1.29 is 0 Å². The third kappa shape index (κ3) is 3.61. The molecule has 0 spiro atoms. The molecule has 0 atom stereocenters. The number of benzene rings is 1. The Morgan fingerprint density at radius 2 is 1.86 bits per heavy atom. The fourth-order valence-electron chi connectivity index (χ4n) is 2.92. The highest BCUT2D eigenvalue weighted by Gasteiger charge is 2.19. The molecule has 1 fully saturated rings. The predicted molar refractivity (Wildman–Crippen MR) is 87.5 cm³/mol. The van der Waals surface area contributed by atoms with Gasteiger partial charge in [-0.3, -0.25) is 0 Å². The van der Waals surface area contributed by atoms with Crippen molar-refractivity contribution in [3.63, 3.8) is 0 Å². The minimum absolute atomic E-state index is 0.615. The summed E-state index contributed by atoms with van der Waals surface area (Å²) in [6, 6.07) is 15.4. The van der Waals surface area contributed by atoms with E-state index >= 15 is 0 Å². The minimum Gasteiger partial charge on any atom is -0.357 e. The highest BCUT2D eigenvalue weighted by molar-refractivity contribution is 5.38. The molecule has 1 aromatic heterocycles. The molecule has 3 rings (SSSR count). The maximum atomic E-state index is 4.44. The molecule has 110 valence electrons. The number of pyridine rings is 1. The summed E-state index contributed by atoms with van der Waals surface area (Å²) < 4.78 is 0. The van der Waals surface area contributed by atoms with Crippen molar-refractivity contribution in [2.45, 2.75) is 32.4 Å². The van der Waals surface area contributed by atoms with E-state index in [0.29, 0.717) is 6.04 Å². The monoisotopic (exact) mass is 281 g/mol. The van der Waals surface area contributed by atoms with Crippen molar-refractivity contribution in [3.05, 3.63) is 59.8 Å². The maximum Gasteiger partial charge on any atom is 0.128 e. The van der Waals surface area contributed by atoms with Gasteiger partial charge in [-0.1, -0.05) is 30.3 Å². The van der Waals surface area contributed by atoms with E-state index in [1.807, 2.05) is 12.3 Å². The average Bonchev–Trinajstić information content (AvgIpc) is 2.55. The molecule has 21 heavy (non-hydrogen) atoms. The summed E-state index contributed by atoms with van der Waals surface area (Å²) in [4.78, 5) is 6.82. The average molecular weight is 281 g/mol. The smallest absolute Gasteiger partial charge is 0.128 e. The lowest BCUT2D eigenvalue weighted by atomic mass is 10.0. The summed E-state index contributed by atoms with van der Waals surface area (Å²) in [5.74, 6) is 1.11. The number of nitrogens with zero attached hydrogens (tertiary/aromatic N) is 2. The van der Waals surface area contributed by atoms with Gasteiger partial charge in [-0.15, -0.1) is 0 Å². The standard InChI is InChI=1S/C18H23N3/c1-15-6-2-3-7-16(15)14-20-17-9-12-21(13-10-17)18-8-4-5-11-19-18/h2-8,11,17,20H,9-10,12-14H2,1H3. The SMILES string of the molecule is Cc1ccccc1CNC1CCN(c2ccccn2)CC1. The Morgan fingerprint density at radius 3 is 2.57 bits per heavy atom. The fourth-order valence-corrected chi connectivity index (χ4v) is 2.92. The van der Waals surface area contributed by atoms with Gasteiger partial charge in [-0.2, -0.15) is 0 Å². The Hall–Kier alpha value is -1.87. The van der Waals surface area contributed by atoms with Crippen LogP contribution in [-0.2, 0) is 6.54 Å². The van der Waals surface area contributed by atoms with Crippen molar-refractivity contribution in [1.82, 2.24) is 10.3 Å². The molecule has 1 aliphatic heterocycles. The van der Waals surface area contributed by atoms with E-state index in [1.165, 1.54) is 24.0 Å². The summed E-state index contributed by atoms with van der Waals surface area (Å²) in [5, 5.41) is 3.70. The lowest BCUT2D eigenvalue weighted by molar-refractivity contribution is 0.412. The number of piperidine rings is 1. The van der Waals surface area contributed by atoms with E-state index in [9.17, 15) is 0 Å². The summed E-state index contributed by atoms with van der Waals surface area (Å²) in [6.45, 7) is 5.33. The molecule has 0 saturated carbocycles. The Morgan fingerprint density at radius 1 is 1.10 bits per heavy atom. The van der Waals surface area contributed by atoms with Crippen LogP contribution in [0, 0.1) is 6.92 Å². The lowest BCUT2D eigenvalue weighted by Crippen LogP contribution is -2.42. The van der Waals surface area contributed by atoms with Gasteiger partial charge in [0.15, 0.2) is 0 Å². The van der Waals surface area contributed by atoms with E-state index in [-0.39, 0.29) is 0 Å². The second-order valence-electron chi connectivity index (χ2n) is 5.76. The van der Waals surface area contributed by atoms with E-state index in [2.05, 4.69) is 58.5 Å². The normalized spacial score (nSPS) is 16.1. The van der Waals surface area contributed by atoms with Crippen molar-refractivity contribution in [2.24, 2.45) is 0 Å². The third-order valence-electron chi connectivity index (χ3n) is 4.31. The molecule has 1 saturated heterocycles. The van der Waals surface area contributed by atoms with Crippen LogP contribution in [0.5, 0.6) is 0 Å². The summed E-state index contributed by atoms with van der Waals surface area (Å²) >= 11 is 0. The molecule has 3 nitrogen and oxygen atoms in total. The van der Waals surface area contributed by atoms with Gasteiger partial charge in [0, 0.05) is 31.9 Å². The van der Waals surface area contributed by atoms with Gasteiger partial charge in [0.1, 0.15) is 5.82 Å². The summed E-state index contributed by atoms with van der Waals surface area (Å²) in [7, 11) is 0. The molecule has 0 unspecified atom stereocenters. The van der Waals surface area contributed by atoms with Crippen LogP contribution in [0.4, 0.5) is 5.82 Å². The maximum absolute atomic E-state index is 4.44. The van der Waals surface area contributed by atoms with Crippen LogP contribution in [0.25, 0.3) is 0 Å². The first kappa shape index (κ1) is 14.1.